The van der Waals surface area contributed by atoms with Crippen molar-refractivity contribution in [2.75, 3.05) is 6.54 Å². The molecule has 1 atom stereocenters. The molecule has 0 fully saturated rings. The van der Waals surface area contributed by atoms with E-state index in [2.05, 4.69) is 56.4 Å². The van der Waals surface area contributed by atoms with Crippen molar-refractivity contribution in [3.63, 3.8) is 0 Å². The van der Waals surface area contributed by atoms with Gasteiger partial charge >= 0.3 is 0 Å². The SMILES string of the molecule is CCNC(Cc1cc(C)ccc1C)c1ccc(Cl)cc1. The van der Waals surface area contributed by atoms with Crippen LogP contribution in [0.2, 0.25) is 5.02 Å². The van der Waals surface area contributed by atoms with Gasteiger partial charge in [0.2, 0.25) is 0 Å². The zero-order chi connectivity index (χ0) is 14.5. The van der Waals surface area contributed by atoms with Gasteiger partial charge in [-0.3, -0.25) is 0 Å². The lowest BCUT2D eigenvalue weighted by molar-refractivity contribution is 0.548. The summed E-state index contributed by atoms with van der Waals surface area (Å²) in [4.78, 5) is 0. The van der Waals surface area contributed by atoms with Gasteiger partial charge in [0.25, 0.3) is 0 Å². The molecule has 0 aromatic heterocycles. The second-order valence-electron chi connectivity index (χ2n) is 5.30. The third kappa shape index (κ3) is 3.84. The van der Waals surface area contributed by atoms with E-state index in [0.29, 0.717) is 6.04 Å². The molecule has 0 aliphatic rings. The van der Waals surface area contributed by atoms with E-state index in [1.807, 2.05) is 12.1 Å². The number of rotatable bonds is 5. The Hall–Kier alpha value is -1.31. The summed E-state index contributed by atoms with van der Waals surface area (Å²) in [6.07, 6.45) is 1.00. The first-order valence-electron chi connectivity index (χ1n) is 7.15. The summed E-state index contributed by atoms with van der Waals surface area (Å²) in [5, 5.41) is 4.36. The first-order chi connectivity index (χ1) is 9.60. The Kier molecular flexibility index (Phi) is 5.22. The Morgan fingerprint density at radius 2 is 1.75 bits per heavy atom. The van der Waals surface area contributed by atoms with Crippen LogP contribution in [0.15, 0.2) is 42.5 Å². The number of aryl methyl sites for hydroxylation is 2. The van der Waals surface area contributed by atoms with Crippen molar-refractivity contribution in [1.82, 2.24) is 5.32 Å². The van der Waals surface area contributed by atoms with Gasteiger partial charge in [-0.25, -0.2) is 0 Å². The molecule has 0 saturated carbocycles. The summed E-state index contributed by atoms with van der Waals surface area (Å²) in [6.45, 7) is 7.43. The molecule has 1 nitrogen and oxygen atoms in total. The molecule has 1 unspecified atom stereocenters. The highest BCUT2D eigenvalue weighted by Gasteiger charge is 2.12. The largest absolute Gasteiger partial charge is 0.310 e. The first kappa shape index (κ1) is 15.1. The quantitative estimate of drug-likeness (QED) is 0.829. The number of hydrogen-bond acceptors (Lipinski definition) is 1. The van der Waals surface area contributed by atoms with E-state index in [1.54, 1.807) is 0 Å². The average molecular weight is 288 g/mol. The molecule has 2 aromatic rings. The zero-order valence-electron chi connectivity index (χ0n) is 12.4. The Morgan fingerprint density at radius 3 is 2.40 bits per heavy atom. The summed E-state index contributed by atoms with van der Waals surface area (Å²) in [6, 6.07) is 15.1. The van der Waals surface area contributed by atoms with E-state index in [4.69, 9.17) is 11.6 Å². The number of likely N-dealkylation sites (N-methyl/N-ethyl adjacent to an activating group) is 1. The summed E-state index contributed by atoms with van der Waals surface area (Å²) in [5.74, 6) is 0. The van der Waals surface area contributed by atoms with Crippen molar-refractivity contribution in [2.45, 2.75) is 33.2 Å². The predicted octanol–water partition coefficient (Wildman–Crippen LogP) is 4.85. The third-order valence-electron chi connectivity index (χ3n) is 3.65. The molecule has 0 aliphatic heterocycles. The monoisotopic (exact) mass is 287 g/mol. The fourth-order valence-corrected chi connectivity index (χ4v) is 2.62. The van der Waals surface area contributed by atoms with Gasteiger partial charge in [-0.2, -0.15) is 0 Å². The van der Waals surface area contributed by atoms with Gasteiger partial charge in [-0.15, -0.1) is 0 Å². The number of nitrogens with one attached hydrogen (secondary N) is 1. The highest BCUT2D eigenvalue weighted by Crippen LogP contribution is 2.22. The van der Waals surface area contributed by atoms with Crippen LogP contribution in [-0.4, -0.2) is 6.54 Å². The number of benzene rings is 2. The molecule has 2 heteroatoms. The van der Waals surface area contributed by atoms with Gasteiger partial charge in [0.05, 0.1) is 0 Å². The third-order valence-corrected chi connectivity index (χ3v) is 3.90. The van der Waals surface area contributed by atoms with Crippen LogP contribution in [0, 0.1) is 13.8 Å². The standard InChI is InChI=1S/C18H22ClN/c1-4-20-18(15-7-9-17(19)10-8-15)12-16-11-13(2)5-6-14(16)3/h5-11,18,20H,4,12H2,1-3H3. The summed E-state index contributed by atoms with van der Waals surface area (Å²) in [5.41, 5.74) is 5.37. The topological polar surface area (TPSA) is 12.0 Å². The summed E-state index contributed by atoms with van der Waals surface area (Å²) >= 11 is 5.98. The van der Waals surface area contributed by atoms with Crippen molar-refractivity contribution < 1.29 is 0 Å². The van der Waals surface area contributed by atoms with Gasteiger partial charge < -0.3 is 5.32 Å². The first-order valence-corrected chi connectivity index (χ1v) is 7.53. The molecule has 20 heavy (non-hydrogen) atoms. The minimum Gasteiger partial charge on any atom is -0.310 e. The van der Waals surface area contributed by atoms with E-state index in [0.717, 1.165) is 18.0 Å². The Labute approximate surface area is 127 Å². The van der Waals surface area contributed by atoms with Gasteiger partial charge in [-0.1, -0.05) is 54.4 Å². The maximum absolute atomic E-state index is 5.98. The maximum atomic E-state index is 5.98. The summed E-state index contributed by atoms with van der Waals surface area (Å²) < 4.78 is 0. The molecule has 2 aromatic carbocycles. The zero-order valence-corrected chi connectivity index (χ0v) is 13.2. The van der Waals surface area contributed by atoms with Crippen LogP contribution in [0.3, 0.4) is 0 Å². The second kappa shape index (κ2) is 6.92. The normalized spacial score (nSPS) is 12.4. The molecule has 0 aliphatic carbocycles. The smallest absolute Gasteiger partial charge is 0.0406 e. The van der Waals surface area contributed by atoms with Crippen LogP contribution in [0.5, 0.6) is 0 Å². The lowest BCUT2D eigenvalue weighted by Gasteiger charge is -2.20. The van der Waals surface area contributed by atoms with Crippen molar-refractivity contribution in [3.05, 3.63) is 69.7 Å². The summed E-state index contributed by atoms with van der Waals surface area (Å²) in [7, 11) is 0. The van der Waals surface area contributed by atoms with Gasteiger partial charge in [-0.05, 0) is 55.6 Å². The molecular formula is C18H22ClN. The van der Waals surface area contributed by atoms with E-state index in [9.17, 15) is 0 Å². The second-order valence-corrected chi connectivity index (χ2v) is 5.73. The minimum atomic E-state index is 0.331. The highest BCUT2D eigenvalue weighted by atomic mass is 35.5. The lowest BCUT2D eigenvalue weighted by atomic mass is 9.95. The van der Waals surface area contributed by atoms with E-state index in [1.165, 1.54) is 22.3 Å². The van der Waals surface area contributed by atoms with E-state index in [-0.39, 0.29) is 0 Å². The van der Waals surface area contributed by atoms with Crippen molar-refractivity contribution in [3.8, 4) is 0 Å². The molecule has 0 amide bonds. The van der Waals surface area contributed by atoms with Gasteiger partial charge in [0, 0.05) is 11.1 Å². The molecule has 0 radical (unpaired) electrons. The van der Waals surface area contributed by atoms with Crippen LogP contribution < -0.4 is 5.32 Å². The molecular weight excluding hydrogens is 266 g/mol. The Morgan fingerprint density at radius 1 is 1.05 bits per heavy atom. The number of hydrogen-bond donors (Lipinski definition) is 1. The van der Waals surface area contributed by atoms with Crippen LogP contribution in [0.25, 0.3) is 0 Å². The minimum absolute atomic E-state index is 0.331. The maximum Gasteiger partial charge on any atom is 0.0406 e. The average Bonchev–Trinajstić information content (AvgIpc) is 2.43. The number of halogens is 1. The lowest BCUT2D eigenvalue weighted by Crippen LogP contribution is -2.23. The van der Waals surface area contributed by atoms with Crippen molar-refractivity contribution in [1.29, 1.82) is 0 Å². The van der Waals surface area contributed by atoms with Crippen LogP contribution >= 0.6 is 11.6 Å². The van der Waals surface area contributed by atoms with E-state index >= 15 is 0 Å². The predicted molar refractivity (Wildman–Crippen MR) is 87.5 cm³/mol. The van der Waals surface area contributed by atoms with Crippen molar-refractivity contribution >= 4 is 11.6 Å². The van der Waals surface area contributed by atoms with Gasteiger partial charge in [0.1, 0.15) is 0 Å². The van der Waals surface area contributed by atoms with Crippen LogP contribution in [-0.2, 0) is 6.42 Å². The molecule has 0 spiro atoms. The molecule has 2 rings (SSSR count). The molecule has 106 valence electrons. The molecule has 0 saturated heterocycles. The molecule has 0 bridgehead atoms. The van der Waals surface area contributed by atoms with Crippen molar-refractivity contribution in [2.24, 2.45) is 0 Å². The Bertz CT molecular complexity index is 560. The van der Waals surface area contributed by atoms with Crippen LogP contribution in [0.4, 0.5) is 0 Å². The Balaban J connectivity index is 2.25. The van der Waals surface area contributed by atoms with Gasteiger partial charge in [0.15, 0.2) is 0 Å². The fraction of sp³-hybridized carbons (Fsp3) is 0.333. The fourth-order valence-electron chi connectivity index (χ4n) is 2.49. The van der Waals surface area contributed by atoms with Crippen LogP contribution in [0.1, 0.15) is 35.2 Å². The molecule has 0 heterocycles. The van der Waals surface area contributed by atoms with E-state index < -0.39 is 0 Å². The highest BCUT2D eigenvalue weighted by molar-refractivity contribution is 6.30. The molecule has 1 N–H and O–H groups in total.